The number of nitrogens with one attached hydrogen (secondary N) is 1. The Morgan fingerprint density at radius 3 is 2.33 bits per heavy atom. The van der Waals surface area contributed by atoms with Crippen LogP contribution in [0.5, 0.6) is 11.5 Å². The monoisotopic (exact) mass is 484 g/mol. The highest BCUT2D eigenvalue weighted by Gasteiger charge is 2.51. The molecule has 186 valence electrons. The molecule has 4 fully saturated rings. The normalized spacial score (nSPS) is 26.8. The van der Waals surface area contributed by atoms with Gasteiger partial charge in [0.05, 0.1) is 24.7 Å². The van der Waals surface area contributed by atoms with Gasteiger partial charge in [0.15, 0.2) is 0 Å². The first-order valence-electron chi connectivity index (χ1n) is 12.9. The number of nitro groups is 1. The van der Waals surface area contributed by atoms with Crippen LogP contribution in [0.15, 0.2) is 66.5 Å². The molecule has 3 aromatic rings. The van der Waals surface area contributed by atoms with Gasteiger partial charge in [0.25, 0.3) is 5.70 Å². The van der Waals surface area contributed by atoms with Crippen molar-refractivity contribution < 1.29 is 14.8 Å². The Labute approximate surface area is 211 Å². The zero-order chi connectivity index (χ0) is 24.9. The molecule has 0 heterocycles. The number of nitrogens with zero attached hydrogens (tertiary/aromatic N) is 1. The second-order valence-corrected chi connectivity index (χ2v) is 11.1. The van der Waals surface area contributed by atoms with Gasteiger partial charge in [-0.05, 0) is 108 Å². The number of allylic oxidation sites excluding steroid dienone is 1. The number of fused-ring (bicyclic) bond motifs is 1. The van der Waals surface area contributed by atoms with E-state index in [4.69, 9.17) is 4.74 Å². The summed E-state index contributed by atoms with van der Waals surface area (Å²) in [6.07, 6.45) is 9.53. The number of benzene rings is 3. The van der Waals surface area contributed by atoms with Gasteiger partial charge in [-0.1, -0.05) is 24.3 Å². The van der Waals surface area contributed by atoms with Crippen molar-refractivity contribution in [3.8, 4) is 11.5 Å². The minimum atomic E-state index is -0.390. The first kappa shape index (κ1) is 22.9. The van der Waals surface area contributed by atoms with E-state index in [0.717, 1.165) is 34.2 Å². The van der Waals surface area contributed by atoms with Crippen LogP contribution in [-0.4, -0.2) is 17.1 Å². The van der Waals surface area contributed by atoms with Gasteiger partial charge in [0.2, 0.25) is 0 Å². The Balaban J connectivity index is 1.30. The molecule has 0 saturated heterocycles. The number of phenolic OH excluding ortho intramolecular Hbond substituents is 1. The summed E-state index contributed by atoms with van der Waals surface area (Å²) in [4.78, 5) is 11.5. The predicted molar refractivity (Wildman–Crippen MR) is 141 cm³/mol. The predicted octanol–water partition coefficient (Wildman–Crippen LogP) is 6.79. The third-order valence-corrected chi connectivity index (χ3v) is 8.85. The van der Waals surface area contributed by atoms with Crippen molar-refractivity contribution in [2.24, 2.45) is 17.8 Å². The van der Waals surface area contributed by atoms with E-state index in [9.17, 15) is 15.2 Å². The van der Waals surface area contributed by atoms with Gasteiger partial charge in [0.1, 0.15) is 11.5 Å². The summed E-state index contributed by atoms with van der Waals surface area (Å²) in [5.74, 6) is 3.41. The Kier molecular flexibility index (Phi) is 5.62. The molecule has 0 radical (unpaired) electrons. The Morgan fingerprint density at radius 1 is 1.06 bits per heavy atom. The van der Waals surface area contributed by atoms with Crippen LogP contribution in [0.4, 0.5) is 5.69 Å². The fourth-order valence-electron chi connectivity index (χ4n) is 7.57. The molecule has 0 aromatic heterocycles. The minimum Gasteiger partial charge on any atom is -0.508 e. The number of aromatic hydroxyl groups is 1. The van der Waals surface area contributed by atoms with Gasteiger partial charge in [-0.15, -0.1) is 0 Å². The highest BCUT2D eigenvalue weighted by Crippen LogP contribution is 2.60. The average molecular weight is 485 g/mol. The molecule has 4 aliphatic rings. The average Bonchev–Trinajstić information content (AvgIpc) is 2.86. The van der Waals surface area contributed by atoms with Crippen molar-refractivity contribution in [2.45, 2.75) is 50.4 Å². The topological polar surface area (TPSA) is 84.6 Å². The van der Waals surface area contributed by atoms with Crippen LogP contribution >= 0.6 is 0 Å². The zero-order valence-electron chi connectivity index (χ0n) is 20.6. The van der Waals surface area contributed by atoms with Crippen LogP contribution in [-0.2, 0) is 11.8 Å². The van der Waals surface area contributed by atoms with Crippen molar-refractivity contribution in [2.75, 3.05) is 12.4 Å². The van der Waals surface area contributed by atoms with Crippen molar-refractivity contribution in [3.05, 3.63) is 87.7 Å². The Bertz CT molecular complexity index is 1310. The second kappa shape index (κ2) is 8.84. The van der Waals surface area contributed by atoms with E-state index in [0.29, 0.717) is 11.3 Å². The number of phenols is 1. The minimum absolute atomic E-state index is 0.0150. The Morgan fingerprint density at radius 2 is 1.72 bits per heavy atom. The van der Waals surface area contributed by atoms with Crippen molar-refractivity contribution in [3.63, 3.8) is 0 Å². The van der Waals surface area contributed by atoms with Crippen molar-refractivity contribution in [1.82, 2.24) is 0 Å². The SMILES string of the molecule is COc1ccc(NC=C(Cc2c(O)ccc3cc(C45CC6CC(CC(C6)C4)C5)ccc23)[N+](=O)[O-])cc1. The maximum Gasteiger partial charge on any atom is 0.266 e. The Hall–Kier alpha value is -3.54. The summed E-state index contributed by atoms with van der Waals surface area (Å²) in [6.45, 7) is 0. The summed E-state index contributed by atoms with van der Waals surface area (Å²) in [5, 5.41) is 27.5. The van der Waals surface area contributed by atoms with Crippen LogP contribution in [0.2, 0.25) is 0 Å². The number of ether oxygens (including phenoxy) is 1. The van der Waals surface area contributed by atoms with Gasteiger partial charge < -0.3 is 15.2 Å². The molecule has 4 bridgehead atoms. The molecule has 0 unspecified atom stereocenters. The first-order valence-corrected chi connectivity index (χ1v) is 12.9. The van der Waals surface area contributed by atoms with Crippen molar-refractivity contribution in [1.29, 1.82) is 0 Å². The smallest absolute Gasteiger partial charge is 0.266 e. The highest BCUT2D eigenvalue weighted by atomic mass is 16.6. The number of hydrogen-bond acceptors (Lipinski definition) is 5. The standard InChI is InChI=1S/C30H32N2O4/c1-36-26-6-4-24(5-7-26)31-18-25(32(34)35)14-28-27-8-3-23(13-22(27)2-9-29(28)33)30-15-19-10-20(16-30)12-21(11-19)17-30/h2-9,13,18-21,31,33H,10-12,14-17H2,1H3. The van der Waals surface area contributed by atoms with Crippen molar-refractivity contribution >= 4 is 16.5 Å². The van der Waals surface area contributed by atoms with E-state index in [1.807, 2.05) is 6.07 Å². The molecule has 0 spiro atoms. The highest BCUT2D eigenvalue weighted by molar-refractivity contribution is 5.88. The van der Waals surface area contributed by atoms with Gasteiger partial charge in [-0.2, -0.15) is 0 Å². The van der Waals surface area contributed by atoms with Crippen LogP contribution in [0, 0.1) is 27.9 Å². The molecule has 4 aliphatic carbocycles. The summed E-state index contributed by atoms with van der Waals surface area (Å²) < 4.78 is 5.16. The summed E-state index contributed by atoms with van der Waals surface area (Å²) in [5.41, 5.74) is 2.99. The zero-order valence-corrected chi connectivity index (χ0v) is 20.6. The molecular formula is C30H32N2O4. The maximum absolute atomic E-state index is 11.9. The van der Waals surface area contributed by atoms with E-state index in [2.05, 4.69) is 23.5 Å². The number of hydrogen-bond donors (Lipinski definition) is 2. The summed E-state index contributed by atoms with van der Waals surface area (Å²) >= 11 is 0. The van der Waals surface area contributed by atoms with Crippen LogP contribution < -0.4 is 10.1 Å². The second-order valence-electron chi connectivity index (χ2n) is 11.1. The maximum atomic E-state index is 11.9. The molecule has 0 aliphatic heterocycles. The van der Waals surface area contributed by atoms with Crippen LogP contribution in [0.1, 0.15) is 49.7 Å². The largest absolute Gasteiger partial charge is 0.508 e. The third-order valence-electron chi connectivity index (χ3n) is 8.85. The fourth-order valence-corrected chi connectivity index (χ4v) is 7.57. The van der Waals surface area contributed by atoms with E-state index in [-0.39, 0.29) is 23.3 Å². The van der Waals surface area contributed by atoms with E-state index >= 15 is 0 Å². The van der Waals surface area contributed by atoms with Crippen LogP contribution in [0.3, 0.4) is 0 Å². The van der Waals surface area contributed by atoms with E-state index in [1.165, 1.54) is 50.3 Å². The molecule has 4 saturated carbocycles. The molecule has 2 N–H and O–H groups in total. The van der Waals surface area contributed by atoms with E-state index < -0.39 is 4.92 Å². The molecule has 6 heteroatoms. The fraction of sp³-hybridized carbons (Fsp3) is 0.400. The van der Waals surface area contributed by atoms with Crippen LogP contribution in [0.25, 0.3) is 10.8 Å². The lowest BCUT2D eigenvalue weighted by atomic mass is 9.48. The molecule has 7 rings (SSSR count). The number of methoxy groups -OCH3 is 1. The van der Waals surface area contributed by atoms with Gasteiger partial charge >= 0.3 is 0 Å². The lowest BCUT2D eigenvalue weighted by Gasteiger charge is -2.57. The van der Waals surface area contributed by atoms with E-state index in [1.54, 1.807) is 37.4 Å². The van der Waals surface area contributed by atoms with Gasteiger partial charge in [-0.25, -0.2) is 0 Å². The lowest BCUT2D eigenvalue weighted by Crippen LogP contribution is -2.48. The molecule has 0 atom stereocenters. The molecule has 6 nitrogen and oxygen atoms in total. The number of anilines is 1. The molecule has 3 aromatic carbocycles. The van der Waals surface area contributed by atoms with Gasteiger partial charge in [-0.3, -0.25) is 10.1 Å². The molecular weight excluding hydrogens is 452 g/mol. The molecule has 0 amide bonds. The van der Waals surface area contributed by atoms with Gasteiger partial charge in [0, 0.05) is 11.3 Å². The lowest BCUT2D eigenvalue weighted by molar-refractivity contribution is -0.427. The summed E-state index contributed by atoms with van der Waals surface area (Å²) in [7, 11) is 1.59. The number of rotatable bonds is 7. The summed E-state index contributed by atoms with van der Waals surface area (Å²) in [6, 6.07) is 17.4. The molecule has 36 heavy (non-hydrogen) atoms. The first-order chi connectivity index (χ1) is 17.4. The quantitative estimate of drug-likeness (QED) is 0.285. The third kappa shape index (κ3) is 4.08.